The molecular weight excluding hydrogens is 567 g/mol. The molecule has 0 aliphatic rings. The summed E-state index contributed by atoms with van der Waals surface area (Å²) in [5, 5.41) is 11.5. The van der Waals surface area contributed by atoms with E-state index in [-0.39, 0.29) is 17.0 Å². The molecule has 39 heavy (non-hydrogen) atoms. The number of thiazole rings is 1. The first kappa shape index (κ1) is 31.9. The zero-order valence-corrected chi connectivity index (χ0v) is 22.9. The van der Waals surface area contributed by atoms with Crippen molar-refractivity contribution in [2.75, 3.05) is 17.1 Å². The van der Waals surface area contributed by atoms with Crippen molar-refractivity contribution in [3.63, 3.8) is 0 Å². The van der Waals surface area contributed by atoms with Gasteiger partial charge in [0.15, 0.2) is 10.7 Å². The number of sulfonamides is 1. The third-order valence-corrected chi connectivity index (χ3v) is 7.33. The number of nitrogens with one attached hydrogen (secondary N) is 2. The molecule has 0 radical (unpaired) electrons. The molecule has 0 bridgehead atoms. The molecule has 15 heteroatoms. The second kappa shape index (κ2) is 12.7. The van der Waals surface area contributed by atoms with E-state index >= 15 is 0 Å². The van der Waals surface area contributed by atoms with E-state index in [1.165, 1.54) is 10.9 Å². The summed E-state index contributed by atoms with van der Waals surface area (Å²) in [5.41, 5.74) is 3.61. The standard InChI is InChI=1S/C22H26F2N4O2S2.C2HF3O2/c1-22(2,3)28(4)12-16-8-6-5-7-15(16)11-25-17-9-18(23)21(19(24)10-17)32(29,30)27-20-13-31-14-26-20;3-2(4,5)1(6)7/h5-10,13-14,25,27H,11-12H2,1-4H3;(H,6,7). The van der Waals surface area contributed by atoms with E-state index in [9.17, 15) is 30.4 Å². The van der Waals surface area contributed by atoms with Crippen molar-refractivity contribution < 1.29 is 40.3 Å². The number of hydrogen-bond acceptors (Lipinski definition) is 7. The van der Waals surface area contributed by atoms with Gasteiger partial charge in [0, 0.05) is 29.7 Å². The summed E-state index contributed by atoms with van der Waals surface area (Å²) in [4.78, 5) is 13.8. The van der Waals surface area contributed by atoms with Crippen LogP contribution in [0.25, 0.3) is 0 Å². The lowest BCUT2D eigenvalue weighted by Crippen LogP contribution is -2.37. The molecular formula is C24H27F5N4O4S2. The number of anilines is 2. The van der Waals surface area contributed by atoms with Crippen LogP contribution in [0.1, 0.15) is 31.9 Å². The summed E-state index contributed by atoms with van der Waals surface area (Å²) in [6, 6.07) is 9.76. The second-order valence-corrected chi connectivity index (χ2v) is 11.5. The molecule has 1 heterocycles. The minimum absolute atomic E-state index is 0.00725. The third kappa shape index (κ3) is 9.44. The maximum atomic E-state index is 14.6. The molecule has 0 atom stereocenters. The monoisotopic (exact) mass is 594 g/mol. The van der Waals surface area contributed by atoms with E-state index in [0.29, 0.717) is 13.1 Å². The Bertz CT molecular complexity index is 1350. The lowest BCUT2D eigenvalue weighted by Gasteiger charge is -2.32. The SMILES string of the molecule is CN(Cc1ccccc1CNc1cc(F)c(S(=O)(=O)Nc2cscn2)c(F)c1)C(C)(C)C.O=C(O)C(F)(F)F. The fraction of sp³-hybridized carbons (Fsp3) is 0.333. The molecule has 1 aromatic heterocycles. The van der Waals surface area contributed by atoms with Gasteiger partial charge in [0.25, 0.3) is 10.0 Å². The van der Waals surface area contributed by atoms with Gasteiger partial charge in [-0.15, -0.1) is 11.3 Å². The van der Waals surface area contributed by atoms with E-state index in [2.05, 4.69) is 40.7 Å². The zero-order valence-electron chi connectivity index (χ0n) is 21.3. The number of nitrogens with zero attached hydrogens (tertiary/aromatic N) is 2. The number of rotatable bonds is 8. The summed E-state index contributed by atoms with van der Waals surface area (Å²) in [5.74, 6) is -5.12. The van der Waals surface area contributed by atoms with Crippen LogP contribution >= 0.6 is 11.3 Å². The van der Waals surface area contributed by atoms with Gasteiger partial charge in [0.2, 0.25) is 0 Å². The Hall–Kier alpha value is -3.30. The Morgan fingerprint density at radius 1 is 1.08 bits per heavy atom. The fourth-order valence-electron chi connectivity index (χ4n) is 2.94. The summed E-state index contributed by atoms with van der Waals surface area (Å²) in [6.07, 6.45) is -5.08. The minimum atomic E-state index is -5.08. The predicted octanol–water partition coefficient (Wildman–Crippen LogP) is 5.70. The maximum Gasteiger partial charge on any atom is 0.490 e. The number of alkyl halides is 3. The molecule has 0 unspecified atom stereocenters. The largest absolute Gasteiger partial charge is 0.490 e. The summed E-state index contributed by atoms with van der Waals surface area (Å²) in [7, 11) is -2.42. The molecule has 8 nitrogen and oxygen atoms in total. The van der Waals surface area contributed by atoms with Gasteiger partial charge in [-0.25, -0.2) is 27.0 Å². The first-order valence-electron chi connectivity index (χ1n) is 11.1. The molecule has 0 spiro atoms. The van der Waals surface area contributed by atoms with Gasteiger partial charge in [0.05, 0.1) is 5.51 Å². The molecule has 0 saturated carbocycles. The van der Waals surface area contributed by atoms with Crippen LogP contribution in [0.15, 0.2) is 52.2 Å². The highest BCUT2D eigenvalue weighted by molar-refractivity contribution is 7.92. The zero-order chi connectivity index (χ0) is 29.6. The Kier molecular flexibility index (Phi) is 10.4. The van der Waals surface area contributed by atoms with Crippen molar-refractivity contribution in [1.29, 1.82) is 0 Å². The highest BCUT2D eigenvalue weighted by Crippen LogP contribution is 2.26. The second-order valence-electron chi connectivity index (χ2n) is 9.20. The molecule has 0 aliphatic heterocycles. The Balaban J connectivity index is 0.000000673. The number of aliphatic carboxylic acids is 1. The van der Waals surface area contributed by atoms with Crippen molar-refractivity contribution in [1.82, 2.24) is 9.88 Å². The molecule has 0 amide bonds. The molecule has 0 fully saturated rings. The van der Waals surface area contributed by atoms with Gasteiger partial charge in [-0.1, -0.05) is 24.3 Å². The molecule has 214 valence electrons. The number of carbonyl (C=O) groups is 1. The number of benzene rings is 2. The van der Waals surface area contributed by atoms with Gasteiger partial charge in [-0.2, -0.15) is 13.2 Å². The first-order valence-corrected chi connectivity index (χ1v) is 13.6. The minimum Gasteiger partial charge on any atom is -0.475 e. The van der Waals surface area contributed by atoms with Crippen LogP contribution in [-0.4, -0.2) is 48.1 Å². The molecule has 3 aromatic rings. The lowest BCUT2D eigenvalue weighted by molar-refractivity contribution is -0.192. The summed E-state index contributed by atoms with van der Waals surface area (Å²) < 4.78 is 87.9. The first-order chi connectivity index (χ1) is 17.9. The van der Waals surface area contributed by atoms with E-state index in [1.807, 2.05) is 31.3 Å². The number of aromatic nitrogens is 1. The van der Waals surface area contributed by atoms with Crippen LogP contribution in [0.4, 0.5) is 33.5 Å². The van der Waals surface area contributed by atoms with Crippen LogP contribution in [0.5, 0.6) is 0 Å². The highest BCUT2D eigenvalue weighted by Gasteiger charge is 2.38. The Labute approximate surface area is 226 Å². The summed E-state index contributed by atoms with van der Waals surface area (Å²) >= 11 is 1.16. The van der Waals surface area contributed by atoms with Crippen molar-refractivity contribution in [3.8, 4) is 0 Å². The van der Waals surface area contributed by atoms with Gasteiger partial charge in [-0.3, -0.25) is 9.62 Å². The number of halogens is 5. The van der Waals surface area contributed by atoms with Crippen LogP contribution in [0, 0.1) is 11.6 Å². The van der Waals surface area contributed by atoms with Crippen molar-refractivity contribution in [2.45, 2.75) is 50.5 Å². The van der Waals surface area contributed by atoms with E-state index in [1.54, 1.807) is 0 Å². The molecule has 0 aliphatic carbocycles. The average Bonchev–Trinajstić information content (AvgIpc) is 3.29. The fourth-order valence-corrected chi connectivity index (χ4v) is 4.62. The Morgan fingerprint density at radius 3 is 2.08 bits per heavy atom. The highest BCUT2D eigenvalue weighted by atomic mass is 32.2. The average molecular weight is 595 g/mol. The smallest absolute Gasteiger partial charge is 0.475 e. The molecule has 0 saturated heterocycles. The third-order valence-electron chi connectivity index (χ3n) is 5.33. The van der Waals surface area contributed by atoms with Gasteiger partial charge in [0.1, 0.15) is 11.6 Å². The number of carboxylic acid groups (broad SMARTS) is 1. The van der Waals surface area contributed by atoms with Crippen LogP contribution in [0.2, 0.25) is 0 Å². The Morgan fingerprint density at radius 2 is 1.62 bits per heavy atom. The summed E-state index contributed by atoms with van der Waals surface area (Å²) in [6.45, 7) is 7.41. The van der Waals surface area contributed by atoms with Crippen LogP contribution < -0.4 is 10.0 Å². The quantitative estimate of drug-likeness (QED) is 0.287. The predicted molar refractivity (Wildman–Crippen MR) is 138 cm³/mol. The molecule has 3 N–H and O–H groups in total. The maximum absolute atomic E-state index is 14.6. The van der Waals surface area contributed by atoms with Crippen molar-refractivity contribution in [3.05, 3.63) is 70.1 Å². The molecule has 2 aromatic carbocycles. The van der Waals surface area contributed by atoms with E-state index in [0.717, 1.165) is 34.6 Å². The van der Waals surface area contributed by atoms with E-state index < -0.39 is 38.7 Å². The van der Waals surface area contributed by atoms with Crippen molar-refractivity contribution in [2.24, 2.45) is 0 Å². The normalized spacial score (nSPS) is 12.1. The topological polar surface area (TPSA) is 112 Å². The number of hydrogen-bond donors (Lipinski definition) is 3. The van der Waals surface area contributed by atoms with E-state index in [4.69, 9.17) is 9.90 Å². The van der Waals surface area contributed by atoms with Gasteiger partial charge in [-0.05, 0) is 51.1 Å². The number of carboxylic acids is 1. The molecule has 3 rings (SSSR count). The van der Waals surface area contributed by atoms with Crippen LogP contribution in [-0.2, 0) is 27.9 Å². The van der Waals surface area contributed by atoms with Gasteiger partial charge < -0.3 is 10.4 Å². The van der Waals surface area contributed by atoms with Crippen LogP contribution in [0.3, 0.4) is 0 Å². The lowest BCUT2D eigenvalue weighted by atomic mass is 10.0. The van der Waals surface area contributed by atoms with Crippen molar-refractivity contribution >= 4 is 38.8 Å². The van der Waals surface area contributed by atoms with Gasteiger partial charge >= 0.3 is 12.1 Å².